The van der Waals surface area contributed by atoms with Crippen molar-refractivity contribution in [2.24, 2.45) is 5.41 Å². The zero-order chi connectivity index (χ0) is 24.4. The molecule has 0 fully saturated rings. The summed E-state index contributed by atoms with van der Waals surface area (Å²) in [6.45, 7) is 4.73. The molecule has 35 heavy (non-hydrogen) atoms. The van der Waals surface area contributed by atoms with Crippen molar-refractivity contribution in [3.05, 3.63) is 107 Å². The summed E-state index contributed by atoms with van der Waals surface area (Å²) >= 11 is 0. The molecule has 1 aliphatic heterocycles. The Morgan fingerprint density at radius 2 is 1.66 bits per heavy atom. The maximum absolute atomic E-state index is 13.6. The summed E-state index contributed by atoms with van der Waals surface area (Å²) in [6.07, 6.45) is 10.2. The molecule has 0 bridgehead atoms. The molecule has 1 aliphatic carbocycles. The lowest BCUT2D eigenvalue weighted by Gasteiger charge is -2.32. The van der Waals surface area contributed by atoms with Gasteiger partial charge in [0.05, 0.1) is 0 Å². The SMILES string of the molecule is Cc1ccc(C(=O)Nc2ccc(C(=O)N3CCC4(C=CCCC4)Cc4ccccc43)cc2)cc1C. The number of nitrogens with one attached hydrogen (secondary N) is 1. The van der Waals surface area contributed by atoms with Gasteiger partial charge in [0, 0.05) is 29.0 Å². The van der Waals surface area contributed by atoms with E-state index in [9.17, 15) is 9.59 Å². The van der Waals surface area contributed by atoms with Crippen LogP contribution < -0.4 is 10.2 Å². The molecule has 1 spiro atoms. The van der Waals surface area contributed by atoms with E-state index in [1.807, 2.05) is 55.1 Å². The molecule has 178 valence electrons. The lowest BCUT2D eigenvalue weighted by atomic mass is 9.72. The van der Waals surface area contributed by atoms with Gasteiger partial charge in [0.25, 0.3) is 11.8 Å². The Kier molecular flexibility index (Phi) is 6.29. The maximum Gasteiger partial charge on any atom is 0.258 e. The third-order valence-corrected chi connectivity index (χ3v) is 7.58. The first kappa shape index (κ1) is 23.1. The van der Waals surface area contributed by atoms with E-state index in [0.717, 1.165) is 36.1 Å². The average molecular weight is 465 g/mol. The number of carbonyl (C=O) groups excluding carboxylic acids is 2. The van der Waals surface area contributed by atoms with Gasteiger partial charge in [0.15, 0.2) is 0 Å². The van der Waals surface area contributed by atoms with E-state index in [4.69, 9.17) is 0 Å². The van der Waals surface area contributed by atoms with Gasteiger partial charge < -0.3 is 10.2 Å². The van der Waals surface area contributed by atoms with Crippen LogP contribution in [0.25, 0.3) is 0 Å². The maximum atomic E-state index is 13.6. The topological polar surface area (TPSA) is 49.4 Å². The number of rotatable bonds is 3. The number of allylic oxidation sites excluding steroid dienone is 2. The predicted octanol–water partition coefficient (Wildman–Crippen LogP) is 6.88. The fraction of sp³-hybridized carbons (Fsp3) is 0.290. The molecular formula is C31H32N2O2. The van der Waals surface area contributed by atoms with Crippen molar-refractivity contribution in [1.82, 2.24) is 0 Å². The number of amides is 2. The predicted molar refractivity (Wildman–Crippen MR) is 142 cm³/mol. The highest BCUT2D eigenvalue weighted by atomic mass is 16.2. The highest BCUT2D eigenvalue weighted by Gasteiger charge is 2.35. The molecule has 4 nitrogen and oxygen atoms in total. The van der Waals surface area contributed by atoms with Crippen LogP contribution in [0.2, 0.25) is 0 Å². The van der Waals surface area contributed by atoms with Crippen LogP contribution in [0.4, 0.5) is 11.4 Å². The van der Waals surface area contributed by atoms with Gasteiger partial charge in [-0.3, -0.25) is 9.59 Å². The molecule has 3 aromatic carbocycles. The standard InChI is InChI=1S/C31H32N2O2/c1-22-10-11-25(20-23(22)2)29(34)32-27-14-12-24(13-15-27)30(35)33-19-18-31(16-6-3-7-17-31)21-26-8-4-5-9-28(26)33/h4-6,8-16,20H,3,7,17-19,21H2,1-2H3,(H,32,34). The molecule has 2 aliphatic rings. The van der Waals surface area contributed by atoms with Crippen LogP contribution in [-0.4, -0.2) is 18.4 Å². The molecule has 0 aromatic heterocycles. The second-order valence-electron chi connectivity index (χ2n) is 10.00. The Hall–Kier alpha value is -3.66. The molecule has 0 radical (unpaired) electrons. The van der Waals surface area contributed by atoms with Gasteiger partial charge in [-0.25, -0.2) is 0 Å². The molecule has 2 amide bonds. The van der Waals surface area contributed by atoms with E-state index in [-0.39, 0.29) is 17.2 Å². The number of anilines is 2. The summed E-state index contributed by atoms with van der Waals surface area (Å²) in [7, 11) is 0. The minimum absolute atomic E-state index is 0.00123. The molecule has 1 heterocycles. The summed E-state index contributed by atoms with van der Waals surface area (Å²) in [5.41, 5.74) is 6.56. The molecule has 0 saturated heterocycles. The van der Waals surface area contributed by atoms with Crippen LogP contribution in [0.5, 0.6) is 0 Å². The number of hydrogen-bond acceptors (Lipinski definition) is 2. The number of benzene rings is 3. The zero-order valence-electron chi connectivity index (χ0n) is 20.5. The fourth-order valence-corrected chi connectivity index (χ4v) is 5.34. The minimum atomic E-state index is -0.153. The fourth-order valence-electron chi connectivity index (χ4n) is 5.34. The second-order valence-corrected chi connectivity index (χ2v) is 10.00. The van der Waals surface area contributed by atoms with Crippen molar-refractivity contribution in [2.45, 2.75) is 46.0 Å². The quantitative estimate of drug-likeness (QED) is 0.430. The number of hydrogen-bond donors (Lipinski definition) is 1. The summed E-state index contributed by atoms with van der Waals surface area (Å²) in [5.74, 6) is -0.152. The van der Waals surface area contributed by atoms with Crippen LogP contribution in [0.3, 0.4) is 0 Å². The summed E-state index contributed by atoms with van der Waals surface area (Å²) in [5, 5.41) is 2.94. The van der Waals surface area contributed by atoms with E-state index in [1.165, 1.54) is 18.4 Å². The van der Waals surface area contributed by atoms with Crippen LogP contribution in [-0.2, 0) is 6.42 Å². The molecule has 0 saturated carbocycles. The van der Waals surface area contributed by atoms with Crippen LogP contribution in [0, 0.1) is 19.3 Å². The van der Waals surface area contributed by atoms with Crippen LogP contribution in [0.15, 0.2) is 78.9 Å². The first-order valence-corrected chi connectivity index (χ1v) is 12.5. The summed E-state index contributed by atoms with van der Waals surface area (Å²) < 4.78 is 0. The lowest BCUT2D eigenvalue weighted by molar-refractivity contribution is 0.0983. The van der Waals surface area contributed by atoms with E-state index >= 15 is 0 Å². The number of aryl methyl sites for hydroxylation is 2. The third kappa shape index (κ3) is 4.79. The van der Waals surface area contributed by atoms with Gasteiger partial charge in [0.2, 0.25) is 0 Å². The Labute approximate surface area is 207 Å². The van der Waals surface area contributed by atoms with E-state index < -0.39 is 0 Å². The van der Waals surface area contributed by atoms with E-state index in [2.05, 4.69) is 35.7 Å². The number of nitrogens with zero attached hydrogens (tertiary/aromatic N) is 1. The van der Waals surface area contributed by atoms with Crippen LogP contribution >= 0.6 is 0 Å². The van der Waals surface area contributed by atoms with Crippen molar-refractivity contribution in [2.75, 3.05) is 16.8 Å². The number of fused-ring (bicyclic) bond motifs is 1. The molecule has 1 N–H and O–H groups in total. The van der Waals surface area contributed by atoms with Crippen molar-refractivity contribution < 1.29 is 9.59 Å². The monoisotopic (exact) mass is 464 g/mol. The first-order chi connectivity index (χ1) is 16.9. The average Bonchev–Trinajstić information content (AvgIpc) is 3.02. The van der Waals surface area contributed by atoms with Gasteiger partial charge in [-0.2, -0.15) is 0 Å². The number of para-hydroxylation sites is 1. The van der Waals surface area contributed by atoms with Gasteiger partial charge in [0.1, 0.15) is 0 Å². The lowest BCUT2D eigenvalue weighted by Crippen LogP contribution is -2.33. The normalized spacial score (nSPS) is 19.2. The smallest absolute Gasteiger partial charge is 0.258 e. The molecule has 5 rings (SSSR count). The van der Waals surface area contributed by atoms with E-state index in [0.29, 0.717) is 23.4 Å². The highest BCUT2D eigenvalue weighted by Crippen LogP contribution is 2.43. The van der Waals surface area contributed by atoms with Crippen LogP contribution in [0.1, 0.15) is 63.1 Å². The van der Waals surface area contributed by atoms with Crippen molar-refractivity contribution in [3.8, 4) is 0 Å². The van der Waals surface area contributed by atoms with Gasteiger partial charge in [-0.05, 0) is 111 Å². The molecule has 1 unspecified atom stereocenters. The molecule has 4 heteroatoms. The Morgan fingerprint density at radius 1 is 0.886 bits per heavy atom. The van der Waals surface area contributed by atoms with Gasteiger partial charge in [-0.1, -0.05) is 36.4 Å². The molecule has 1 atom stereocenters. The van der Waals surface area contributed by atoms with Crippen molar-refractivity contribution in [1.29, 1.82) is 0 Å². The van der Waals surface area contributed by atoms with Gasteiger partial charge in [-0.15, -0.1) is 0 Å². The summed E-state index contributed by atoms with van der Waals surface area (Å²) in [4.78, 5) is 28.2. The highest BCUT2D eigenvalue weighted by molar-refractivity contribution is 6.08. The Morgan fingerprint density at radius 3 is 2.40 bits per heavy atom. The van der Waals surface area contributed by atoms with Crippen molar-refractivity contribution in [3.63, 3.8) is 0 Å². The zero-order valence-corrected chi connectivity index (χ0v) is 20.5. The third-order valence-electron chi connectivity index (χ3n) is 7.58. The first-order valence-electron chi connectivity index (χ1n) is 12.5. The number of carbonyl (C=O) groups is 2. The largest absolute Gasteiger partial charge is 0.322 e. The Balaban J connectivity index is 1.34. The van der Waals surface area contributed by atoms with E-state index in [1.54, 1.807) is 12.1 Å². The van der Waals surface area contributed by atoms with Crippen molar-refractivity contribution >= 4 is 23.2 Å². The molecular weight excluding hydrogens is 432 g/mol. The Bertz CT molecular complexity index is 1290. The minimum Gasteiger partial charge on any atom is -0.322 e. The summed E-state index contributed by atoms with van der Waals surface area (Å²) in [6, 6.07) is 21.2. The second kappa shape index (κ2) is 9.53. The molecule has 3 aromatic rings. The van der Waals surface area contributed by atoms with Gasteiger partial charge >= 0.3 is 0 Å².